The van der Waals surface area contributed by atoms with Gasteiger partial charge < -0.3 is 39.6 Å². The van der Waals surface area contributed by atoms with Gasteiger partial charge >= 0.3 is 0 Å². The molecule has 3 aliphatic heterocycles. The van der Waals surface area contributed by atoms with Crippen LogP contribution in [0.4, 0.5) is 28.8 Å². The number of fused-ring (bicyclic) bond motifs is 1. The van der Waals surface area contributed by atoms with E-state index in [0.717, 1.165) is 36.4 Å². The van der Waals surface area contributed by atoms with Crippen LogP contribution in [-0.2, 0) is 43.2 Å². The fourth-order valence-corrected chi connectivity index (χ4v) is 10.6. The Bertz CT molecular complexity index is 2830. The Balaban J connectivity index is 0.735. The number of benzene rings is 3. The number of piperidine rings is 2. The number of sulfone groups is 1. The zero-order valence-corrected chi connectivity index (χ0v) is 45.4. The minimum atomic E-state index is -3.59. The average molecular weight is 1090 g/mol. The molecular formula is C54H69ClN8O12S. The molecule has 4 amide bonds. The Morgan fingerprint density at radius 1 is 0.816 bits per heavy atom. The van der Waals surface area contributed by atoms with Crippen LogP contribution >= 0.6 is 11.6 Å². The van der Waals surface area contributed by atoms with Crippen LogP contribution in [0.3, 0.4) is 0 Å². The zero-order valence-electron chi connectivity index (χ0n) is 43.8. The molecule has 0 radical (unpaired) electrons. The molecule has 20 nitrogen and oxygen atoms in total. The van der Waals surface area contributed by atoms with E-state index in [1.807, 2.05) is 19.9 Å². The van der Waals surface area contributed by atoms with E-state index >= 15 is 0 Å². The van der Waals surface area contributed by atoms with Gasteiger partial charge in [-0.2, -0.15) is 4.98 Å². The highest BCUT2D eigenvalue weighted by molar-refractivity contribution is 7.92. The highest BCUT2D eigenvalue weighted by Crippen LogP contribution is 2.39. The number of halogens is 1. The van der Waals surface area contributed by atoms with E-state index in [4.69, 9.17) is 35.3 Å². The minimum Gasteiger partial charge on any atom is -0.489 e. The predicted molar refractivity (Wildman–Crippen MR) is 287 cm³/mol. The summed E-state index contributed by atoms with van der Waals surface area (Å²) in [4.78, 5) is 75.5. The van der Waals surface area contributed by atoms with Gasteiger partial charge in [0.2, 0.25) is 17.8 Å². The molecule has 2 saturated heterocycles. The maximum absolute atomic E-state index is 13.3. The van der Waals surface area contributed by atoms with Crippen molar-refractivity contribution in [2.75, 3.05) is 95.0 Å². The van der Waals surface area contributed by atoms with Gasteiger partial charge in [-0.3, -0.25) is 39.1 Å². The number of hydrogen-bond donors (Lipinski definition) is 4. The molecule has 4 heterocycles. The maximum Gasteiger partial charge on any atom is 0.264 e. The monoisotopic (exact) mass is 1090 g/mol. The molecule has 22 heteroatoms. The second-order valence-electron chi connectivity index (χ2n) is 19.3. The normalized spacial score (nSPS) is 16.4. The van der Waals surface area contributed by atoms with Crippen LogP contribution in [0, 0.1) is 6.92 Å². The number of imide groups is 2. The van der Waals surface area contributed by atoms with Crippen LogP contribution in [0.5, 0.6) is 5.75 Å². The molecule has 7 rings (SSSR count). The van der Waals surface area contributed by atoms with Gasteiger partial charge in [-0.15, -0.1) is 0 Å². The van der Waals surface area contributed by atoms with E-state index < -0.39 is 44.8 Å². The number of aryl methyl sites for hydroxylation is 1. The molecule has 1 atom stereocenters. The van der Waals surface area contributed by atoms with Crippen molar-refractivity contribution in [3.05, 3.63) is 88.1 Å². The molecule has 4 N–H and O–H groups in total. The Morgan fingerprint density at radius 2 is 1.49 bits per heavy atom. The number of carbonyl (C=O) groups excluding carboxylic acids is 5. The van der Waals surface area contributed by atoms with Crippen LogP contribution in [0.15, 0.2) is 65.7 Å². The molecule has 3 aliphatic rings. The quantitative estimate of drug-likeness (QED) is 0.0316. The summed E-state index contributed by atoms with van der Waals surface area (Å²) in [5.74, 6) is -0.585. The summed E-state index contributed by atoms with van der Waals surface area (Å²) in [6.07, 6.45) is 4.37. The third kappa shape index (κ3) is 15.1. The van der Waals surface area contributed by atoms with Crippen LogP contribution < -0.4 is 26.0 Å². The fourth-order valence-electron chi connectivity index (χ4n) is 9.21. The van der Waals surface area contributed by atoms with E-state index in [-0.39, 0.29) is 63.5 Å². The molecule has 1 aromatic heterocycles. The number of hydrogen-bond acceptors (Lipinski definition) is 18. The van der Waals surface area contributed by atoms with Gasteiger partial charge in [0.1, 0.15) is 22.6 Å². The van der Waals surface area contributed by atoms with Crippen molar-refractivity contribution in [3.8, 4) is 5.75 Å². The van der Waals surface area contributed by atoms with Crippen molar-refractivity contribution < 1.29 is 56.1 Å². The summed E-state index contributed by atoms with van der Waals surface area (Å²) in [5, 5.41) is 11.4. The number of ether oxygens (including phenoxy) is 5. The molecule has 2 fully saturated rings. The van der Waals surface area contributed by atoms with E-state index in [9.17, 15) is 32.4 Å². The number of carbonyl (C=O) groups is 5. The number of nitrogens with one attached hydrogen (secondary N) is 4. The van der Waals surface area contributed by atoms with Crippen molar-refractivity contribution in [1.29, 1.82) is 0 Å². The lowest BCUT2D eigenvalue weighted by atomic mass is 9.86. The molecule has 0 spiro atoms. The maximum atomic E-state index is 13.3. The topological polar surface area (TPSA) is 246 Å². The molecule has 76 heavy (non-hydrogen) atoms. The number of rotatable bonds is 29. The number of Topliss-reactive ketones (excluding diaryl/α,β-unsaturated/α-hetero) is 1. The number of amides is 4. The molecule has 0 aliphatic carbocycles. The number of likely N-dealkylation sites (tertiary alicyclic amines) is 1. The highest BCUT2D eigenvalue weighted by atomic mass is 35.5. The van der Waals surface area contributed by atoms with Crippen molar-refractivity contribution >= 4 is 79.7 Å². The Labute approximate surface area is 449 Å². The SMILES string of the molecule is Cc1cc(Nc2ncc(Cl)c(Nc3ccccc3S(=O)(=O)C(C)C)n2)c(OC(C)C)cc1C1CCN(CC(=O)CCCOCCOCCOCCOCCNc2cccc3c2C(=O)N(C2CCC(=O)NC2=O)C3=O)CC1. The first-order valence-electron chi connectivity index (χ1n) is 25.9. The Hall–Kier alpha value is -6.07. The summed E-state index contributed by atoms with van der Waals surface area (Å²) >= 11 is 6.51. The molecule has 0 saturated carbocycles. The van der Waals surface area contributed by atoms with Gasteiger partial charge in [-0.05, 0) is 127 Å². The molecule has 3 aromatic carbocycles. The summed E-state index contributed by atoms with van der Waals surface area (Å²) in [5.41, 5.74) is 4.18. The average Bonchev–Trinajstić information content (AvgIpc) is 3.65. The summed E-state index contributed by atoms with van der Waals surface area (Å²) < 4.78 is 55.0. The van der Waals surface area contributed by atoms with Crippen LogP contribution in [0.2, 0.25) is 5.02 Å². The third-order valence-corrected chi connectivity index (χ3v) is 15.6. The number of nitrogens with zero attached hydrogens (tertiary/aromatic N) is 4. The summed E-state index contributed by atoms with van der Waals surface area (Å²) in [6.45, 7) is 14.7. The van der Waals surface area contributed by atoms with Gasteiger partial charge in [-0.1, -0.05) is 29.8 Å². The molecule has 0 bridgehead atoms. The summed E-state index contributed by atoms with van der Waals surface area (Å²) in [7, 11) is -3.59. The third-order valence-electron chi connectivity index (χ3n) is 13.1. The van der Waals surface area contributed by atoms with Crippen molar-refractivity contribution in [2.24, 2.45) is 0 Å². The molecule has 1 unspecified atom stereocenters. The lowest BCUT2D eigenvalue weighted by Crippen LogP contribution is -2.54. The van der Waals surface area contributed by atoms with E-state index in [1.54, 1.807) is 56.3 Å². The van der Waals surface area contributed by atoms with Gasteiger partial charge in [0.15, 0.2) is 15.7 Å². The first-order chi connectivity index (χ1) is 36.5. The smallest absolute Gasteiger partial charge is 0.264 e. The van der Waals surface area contributed by atoms with E-state index in [1.165, 1.54) is 11.8 Å². The second-order valence-corrected chi connectivity index (χ2v) is 22.2. The first-order valence-corrected chi connectivity index (χ1v) is 27.8. The lowest BCUT2D eigenvalue weighted by molar-refractivity contribution is -0.136. The number of para-hydroxylation sites is 1. The summed E-state index contributed by atoms with van der Waals surface area (Å²) in [6, 6.07) is 14.6. The largest absolute Gasteiger partial charge is 0.489 e. The Kier molecular flexibility index (Phi) is 20.7. The van der Waals surface area contributed by atoms with Gasteiger partial charge in [0.25, 0.3) is 11.8 Å². The molecule has 4 aromatic rings. The predicted octanol–water partition coefficient (Wildman–Crippen LogP) is 7.00. The zero-order chi connectivity index (χ0) is 54.4. The van der Waals surface area contributed by atoms with Crippen LogP contribution in [0.25, 0.3) is 0 Å². The molecule has 410 valence electrons. The van der Waals surface area contributed by atoms with Gasteiger partial charge in [-0.25, -0.2) is 13.4 Å². The van der Waals surface area contributed by atoms with E-state index in [0.29, 0.717) is 102 Å². The minimum absolute atomic E-state index is 0.0529. The number of ketones is 1. The lowest BCUT2D eigenvalue weighted by Gasteiger charge is -2.33. The Morgan fingerprint density at radius 3 is 2.17 bits per heavy atom. The first kappa shape index (κ1) is 57.6. The van der Waals surface area contributed by atoms with Crippen molar-refractivity contribution in [1.82, 2.24) is 25.1 Å². The van der Waals surface area contributed by atoms with Crippen molar-refractivity contribution in [3.63, 3.8) is 0 Å². The fraction of sp³-hybridized carbons (Fsp3) is 0.500. The van der Waals surface area contributed by atoms with Gasteiger partial charge in [0.05, 0.1) is 97.7 Å². The highest BCUT2D eigenvalue weighted by Gasteiger charge is 2.45. The van der Waals surface area contributed by atoms with Crippen molar-refractivity contribution in [2.45, 2.75) is 101 Å². The van der Waals surface area contributed by atoms with Crippen LogP contribution in [0.1, 0.15) is 104 Å². The second kappa shape index (κ2) is 27.3. The van der Waals surface area contributed by atoms with E-state index in [2.05, 4.69) is 49.1 Å². The van der Waals surface area contributed by atoms with Crippen LogP contribution in [-0.4, -0.2) is 154 Å². The van der Waals surface area contributed by atoms with Gasteiger partial charge in [0, 0.05) is 31.7 Å². The standard InChI is InChI=1S/C54H69ClN8O12S/c1-34(2)75-46-31-40(36(5)30-44(46)59-54-57-32-41(55)50(61-54)58-42-12-6-7-14-47(42)76(69,70)35(3)4)37-17-20-62(21-18-37)33-38(64)10-9-22-71-24-26-73-28-29-74-27-25-72-23-19-56-43-13-8-11-39-49(43)53(68)63(52(39)67)45-15-16-48(65)60-51(45)66/h6-8,11-14,30-32,34-35,37,45,56H,9-10,15-29,33H2,1-5H3,(H,60,65,66)(H2,57,58,59,61). The number of aromatic nitrogens is 2. The number of anilines is 5. The molecular weight excluding hydrogens is 1020 g/mol.